The van der Waals surface area contributed by atoms with Crippen LogP contribution in [0.2, 0.25) is 5.02 Å². The summed E-state index contributed by atoms with van der Waals surface area (Å²) in [5, 5.41) is 9.71. The van der Waals surface area contributed by atoms with Crippen molar-refractivity contribution in [1.29, 1.82) is 0 Å². The Labute approximate surface area is 167 Å². The summed E-state index contributed by atoms with van der Waals surface area (Å²) in [6, 6.07) is 15.6. The van der Waals surface area contributed by atoms with Crippen molar-refractivity contribution < 1.29 is 4.79 Å². The maximum absolute atomic E-state index is 13.0. The number of nitrogens with zero attached hydrogens (tertiary/aromatic N) is 4. The van der Waals surface area contributed by atoms with E-state index in [9.17, 15) is 4.79 Å². The third-order valence-corrected chi connectivity index (χ3v) is 6.09. The highest BCUT2D eigenvalue weighted by Gasteiger charge is 2.29. The molecule has 7 heteroatoms. The smallest absolute Gasteiger partial charge is 0.240 e. The first kappa shape index (κ1) is 18.1. The van der Waals surface area contributed by atoms with Crippen LogP contribution < -0.4 is 4.90 Å². The lowest BCUT2D eigenvalue weighted by Gasteiger charge is -2.21. The SMILES string of the molecule is C[C@H](Sc1nnc(-c2ccc(Cl)cc2)n1C)C(=O)N1CCc2ccccc21. The zero-order valence-electron chi connectivity index (χ0n) is 15.1. The van der Waals surface area contributed by atoms with Crippen LogP contribution >= 0.6 is 23.4 Å². The fraction of sp³-hybridized carbons (Fsp3) is 0.250. The number of amides is 1. The summed E-state index contributed by atoms with van der Waals surface area (Å²) in [6.45, 7) is 2.66. The standard InChI is InChI=1S/C20H19ClN4OS/c1-13(19(26)25-12-11-14-5-3-4-6-17(14)25)27-20-23-22-18(24(20)2)15-7-9-16(21)10-8-15/h3-10,13H,11-12H2,1-2H3/t13-/m0/s1. The van der Waals surface area contributed by atoms with E-state index in [2.05, 4.69) is 16.3 Å². The molecule has 1 atom stereocenters. The van der Waals surface area contributed by atoms with Gasteiger partial charge in [-0.05, 0) is 49.2 Å². The van der Waals surface area contributed by atoms with Crippen LogP contribution in [-0.2, 0) is 18.3 Å². The number of para-hydroxylation sites is 1. The number of hydrogen-bond donors (Lipinski definition) is 0. The van der Waals surface area contributed by atoms with Crippen LogP contribution in [0.3, 0.4) is 0 Å². The summed E-state index contributed by atoms with van der Waals surface area (Å²) in [5.41, 5.74) is 3.19. The van der Waals surface area contributed by atoms with Gasteiger partial charge in [0.2, 0.25) is 5.91 Å². The Morgan fingerprint density at radius 1 is 1.15 bits per heavy atom. The summed E-state index contributed by atoms with van der Waals surface area (Å²) < 4.78 is 1.91. The van der Waals surface area contributed by atoms with E-state index >= 15 is 0 Å². The maximum Gasteiger partial charge on any atom is 0.240 e. The zero-order valence-corrected chi connectivity index (χ0v) is 16.7. The lowest BCUT2D eigenvalue weighted by Crippen LogP contribution is -2.35. The van der Waals surface area contributed by atoms with E-state index < -0.39 is 0 Å². The quantitative estimate of drug-likeness (QED) is 0.618. The molecule has 3 aromatic rings. The molecule has 4 rings (SSSR count). The monoisotopic (exact) mass is 398 g/mol. The first-order valence-electron chi connectivity index (χ1n) is 8.76. The van der Waals surface area contributed by atoms with Crippen LogP contribution in [0.15, 0.2) is 53.7 Å². The van der Waals surface area contributed by atoms with Crippen LogP contribution in [0.25, 0.3) is 11.4 Å². The Balaban J connectivity index is 1.51. The van der Waals surface area contributed by atoms with Gasteiger partial charge in [-0.3, -0.25) is 4.79 Å². The fourth-order valence-electron chi connectivity index (χ4n) is 3.26. The summed E-state index contributed by atoms with van der Waals surface area (Å²) in [4.78, 5) is 14.8. The predicted octanol–water partition coefficient (Wildman–Crippen LogP) is 4.21. The molecule has 27 heavy (non-hydrogen) atoms. The molecule has 0 N–H and O–H groups in total. The molecule has 0 saturated heterocycles. The molecule has 0 bridgehead atoms. The highest BCUT2D eigenvalue weighted by Crippen LogP contribution is 2.32. The van der Waals surface area contributed by atoms with Crippen molar-refractivity contribution in [3.8, 4) is 11.4 Å². The number of rotatable bonds is 4. The summed E-state index contributed by atoms with van der Waals surface area (Å²) in [5.74, 6) is 0.848. The predicted molar refractivity (Wildman–Crippen MR) is 109 cm³/mol. The second-order valence-electron chi connectivity index (χ2n) is 6.50. The van der Waals surface area contributed by atoms with Crippen molar-refractivity contribution in [2.45, 2.75) is 23.8 Å². The third kappa shape index (κ3) is 3.47. The lowest BCUT2D eigenvalue weighted by molar-refractivity contribution is -0.117. The van der Waals surface area contributed by atoms with Gasteiger partial charge in [-0.25, -0.2) is 0 Å². The van der Waals surface area contributed by atoms with E-state index in [0.29, 0.717) is 10.2 Å². The van der Waals surface area contributed by atoms with Gasteiger partial charge in [0, 0.05) is 29.9 Å². The van der Waals surface area contributed by atoms with Crippen LogP contribution in [0.1, 0.15) is 12.5 Å². The molecule has 1 aliphatic heterocycles. The molecule has 2 aromatic carbocycles. The normalized spacial score (nSPS) is 14.3. The summed E-state index contributed by atoms with van der Waals surface area (Å²) >= 11 is 7.39. The topological polar surface area (TPSA) is 51.0 Å². The molecule has 0 fully saturated rings. The number of fused-ring (bicyclic) bond motifs is 1. The van der Waals surface area contributed by atoms with Gasteiger partial charge in [0.25, 0.3) is 0 Å². The molecule has 0 spiro atoms. The van der Waals surface area contributed by atoms with Crippen LogP contribution in [-0.4, -0.2) is 32.5 Å². The zero-order chi connectivity index (χ0) is 19.0. The number of anilines is 1. The summed E-state index contributed by atoms with van der Waals surface area (Å²) in [7, 11) is 1.91. The molecule has 138 valence electrons. The van der Waals surface area contributed by atoms with Gasteiger partial charge >= 0.3 is 0 Å². The number of carbonyl (C=O) groups is 1. The number of thioether (sulfide) groups is 1. The molecule has 0 unspecified atom stereocenters. The van der Waals surface area contributed by atoms with Crippen LogP contribution in [0, 0.1) is 0 Å². The lowest BCUT2D eigenvalue weighted by atomic mass is 10.2. The van der Waals surface area contributed by atoms with Gasteiger partial charge in [-0.1, -0.05) is 41.6 Å². The Bertz CT molecular complexity index is 986. The number of halogens is 1. The van der Waals surface area contributed by atoms with Crippen molar-refractivity contribution in [2.75, 3.05) is 11.4 Å². The average molecular weight is 399 g/mol. The molecule has 0 radical (unpaired) electrons. The van der Waals surface area contributed by atoms with Crippen LogP contribution in [0.5, 0.6) is 0 Å². The highest BCUT2D eigenvalue weighted by molar-refractivity contribution is 8.00. The third-order valence-electron chi connectivity index (χ3n) is 4.72. The molecule has 2 heterocycles. The molecule has 0 aliphatic carbocycles. The molecular formula is C20H19ClN4OS. The molecular weight excluding hydrogens is 380 g/mol. The number of hydrogen-bond acceptors (Lipinski definition) is 4. The Morgan fingerprint density at radius 3 is 2.67 bits per heavy atom. The van der Waals surface area contributed by atoms with Crippen molar-refractivity contribution in [1.82, 2.24) is 14.8 Å². The number of aromatic nitrogens is 3. The summed E-state index contributed by atoms with van der Waals surface area (Å²) in [6.07, 6.45) is 0.907. The van der Waals surface area contributed by atoms with E-state index in [-0.39, 0.29) is 11.2 Å². The number of carbonyl (C=O) groups excluding carboxylic acids is 1. The largest absolute Gasteiger partial charge is 0.311 e. The van der Waals surface area contributed by atoms with Gasteiger partial charge < -0.3 is 9.47 Å². The Kier molecular flexibility index (Phi) is 4.93. The van der Waals surface area contributed by atoms with Crippen molar-refractivity contribution in [3.05, 3.63) is 59.1 Å². The fourth-order valence-corrected chi connectivity index (χ4v) is 4.27. The Morgan fingerprint density at radius 2 is 1.89 bits per heavy atom. The minimum absolute atomic E-state index is 0.0981. The van der Waals surface area contributed by atoms with Gasteiger partial charge in [-0.15, -0.1) is 10.2 Å². The van der Waals surface area contributed by atoms with Crippen molar-refractivity contribution in [2.24, 2.45) is 7.05 Å². The van der Waals surface area contributed by atoms with E-state index in [4.69, 9.17) is 11.6 Å². The van der Waals surface area contributed by atoms with E-state index in [1.165, 1.54) is 17.3 Å². The van der Waals surface area contributed by atoms with E-state index in [1.807, 2.05) is 65.9 Å². The second-order valence-corrected chi connectivity index (χ2v) is 8.25. The molecule has 1 aliphatic rings. The second kappa shape index (κ2) is 7.37. The first-order chi connectivity index (χ1) is 13.0. The van der Waals surface area contributed by atoms with Gasteiger partial charge in [0.15, 0.2) is 11.0 Å². The minimum Gasteiger partial charge on any atom is -0.311 e. The molecule has 5 nitrogen and oxygen atoms in total. The molecule has 1 amide bonds. The number of benzene rings is 2. The van der Waals surface area contributed by atoms with Crippen molar-refractivity contribution in [3.63, 3.8) is 0 Å². The van der Waals surface area contributed by atoms with Gasteiger partial charge in [0.05, 0.1) is 5.25 Å². The van der Waals surface area contributed by atoms with Gasteiger partial charge in [-0.2, -0.15) is 0 Å². The first-order valence-corrected chi connectivity index (χ1v) is 10.0. The maximum atomic E-state index is 13.0. The van der Waals surface area contributed by atoms with Crippen molar-refractivity contribution >= 4 is 35.0 Å². The van der Waals surface area contributed by atoms with E-state index in [1.54, 1.807) is 0 Å². The van der Waals surface area contributed by atoms with Gasteiger partial charge in [0.1, 0.15) is 0 Å². The Hall–Kier alpha value is -2.31. The highest BCUT2D eigenvalue weighted by atomic mass is 35.5. The van der Waals surface area contributed by atoms with Crippen LogP contribution in [0.4, 0.5) is 5.69 Å². The molecule has 0 saturated carbocycles. The average Bonchev–Trinajstić information content (AvgIpc) is 3.26. The van der Waals surface area contributed by atoms with E-state index in [0.717, 1.165) is 30.0 Å². The minimum atomic E-state index is -0.253. The molecule has 1 aromatic heterocycles.